The molecule has 0 spiro atoms. The van der Waals surface area contributed by atoms with Crippen LogP contribution in [0.5, 0.6) is 0 Å². The highest BCUT2D eigenvalue weighted by Crippen LogP contribution is 2.10. The van der Waals surface area contributed by atoms with Crippen LogP contribution in [0.15, 0.2) is 0 Å². The van der Waals surface area contributed by atoms with Gasteiger partial charge in [-0.2, -0.15) is 5.26 Å². The van der Waals surface area contributed by atoms with Crippen molar-refractivity contribution in [2.45, 2.75) is 39.5 Å². The monoisotopic (exact) mass is 225 g/mol. The largest absolute Gasteiger partial charge is 0.342 e. The zero-order valence-corrected chi connectivity index (χ0v) is 10.4. The Labute approximate surface area is 98.4 Å². The van der Waals surface area contributed by atoms with E-state index in [0.717, 1.165) is 12.8 Å². The highest BCUT2D eigenvalue weighted by atomic mass is 16.2. The van der Waals surface area contributed by atoms with Crippen molar-refractivity contribution in [3.8, 4) is 6.07 Å². The maximum Gasteiger partial charge on any atom is 0.222 e. The van der Waals surface area contributed by atoms with E-state index in [1.807, 2.05) is 6.92 Å². The van der Waals surface area contributed by atoms with Gasteiger partial charge in [0, 0.05) is 19.5 Å². The van der Waals surface area contributed by atoms with Gasteiger partial charge in [-0.1, -0.05) is 6.92 Å². The van der Waals surface area contributed by atoms with Crippen LogP contribution in [0.4, 0.5) is 0 Å². The van der Waals surface area contributed by atoms with Crippen molar-refractivity contribution in [1.82, 2.24) is 4.90 Å². The number of amides is 1. The van der Waals surface area contributed by atoms with Crippen LogP contribution < -0.4 is 5.73 Å². The lowest BCUT2D eigenvalue weighted by Gasteiger charge is -2.20. The predicted molar refractivity (Wildman–Crippen MR) is 64.6 cm³/mol. The van der Waals surface area contributed by atoms with E-state index < -0.39 is 0 Å². The van der Waals surface area contributed by atoms with Crippen LogP contribution in [0.2, 0.25) is 0 Å². The Hall–Kier alpha value is -1.08. The number of nitriles is 1. The van der Waals surface area contributed by atoms with Crippen molar-refractivity contribution in [1.29, 1.82) is 5.26 Å². The van der Waals surface area contributed by atoms with Crippen LogP contribution in [0, 0.1) is 17.2 Å². The molecule has 0 heterocycles. The van der Waals surface area contributed by atoms with Gasteiger partial charge in [-0.25, -0.2) is 0 Å². The Morgan fingerprint density at radius 2 is 2.19 bits per heavy atom. The lowest BCUT2D eigenvalue weighted by atomic mass is 10.0. The van der Waals surface area contributed by atoms with E-state index in [1.54, 1.807) is 4.90 Å². The van der Waals surface area contributed by atoms with Crippen molar-refractivity contribution in [2.24, 2.45) is 11.7 Å². The van der Waals surface area contributed by atoms with Gasteiger partial charge in [-0.15, -0.1) is 0 Å². The zero-order chi connectivity index (χ0) is 12.4. The van der Waals surface area contributed by atoms with Gasteiger partial charge in [-0.3, -0.25) is 4.79 Å². The molecule has 0 aromatic rings. The Morgan fingerprint density at radius 1 is 1.50 bits per heavy atom. The highest BCUT2D eigenvalue weighted by Gasteiger charge is 2.12. The number of carbonyl (C=O) groups is 1. The first-order valence-electron chi connectivity index (χ1n) is 6.00. The fourth-order valence-electron chi connectivity index (χ4n) is 1.60. The quantitative estimate of drug-likeness (QED) is 0.680. The molecule has 0 saturated carbocycles. The number of hydrogen-bond acceptors (Lipinski definition) is 3. The summed E-state index contributed by atoms with van der Waals surface area (Å²) in [5.74, 6) is 0.658. The first-order valence-corrected chi connectivity index (χ1v) is 6.00. The summed E-state index contributed by atoms with van der Waals surface area (Å²) >= 11 is 0. The lowest BCUT2D eigenvalue weighted by Crippen LogP contribution is -2.31. The average Bonchev–Trinajstić information content (AvgIpc) is 2.28. The number of hydrogen-bond donors (Lipinski definition) is 1. The summed E-state index contributed by atoms with van der Waals surface area (Å²) in [6.07, 6.45) is 2.84. The molecule has 1 atom stereocenters. The maximum absolute atomic E-state index is 11.8. The summed E-state index contributed by atoms with van der Waals surface area (Å²) in [5, 5.41) is 8.48. The van der Waals surface area contributed by atoms with Crippen molar-refractivity contribution >= 4 is 5.91 Å². The molecule has 0 radical (unpaired) electrons. The van der Waals surface area contributed by atoms with Crippen LogP contribution >= 0.6 is 0 Å². The molecule has 0 aromatic carbocycles. The Balaban J connectivity index is 3.88. The molecule has 0 aliphatic carbocycles. The molecule has 0 fully saturated rings. The van der Waals surface area contributed by atoms with E-state index in [9.17, 15) is 4.79 Å². The fourth-order valence-corrected chi connectivity index (χ4v) is 1.60. The molecule has 92 valence electrons. The molecule has 0 saturated heterocycles. The van der Waals surface area contributed by atoms with Crippen LogP contribution in [0.1, 0.15) is 39.5 Å². The van der Waals surface area contributed by atoms with E-state index in [1.165, 1.54) is 0 Å². The zero-order valence-electron chi connectivity index (χ0n) is 10.4. The molecule has 0 aromatic heterocycles. The Bertz CT molecular complexity index is 235. The maximum atomic E-state index is 11.8. The molecule has 4 heteroatoms. The molecular weight excluding hydrogens is 202 g/mol. The van der Waals surface area contributed by atoms with Crippen LogP contribution in [0.25, 0.3) is 0 Å². The second-order valence-corrected chi connectivity index (χ2v) is 4.10. The Morgan fingerprint density at radius 3 is 2.69 bits per heavy atom. The van der Waals surface area contributed by atoms with Gasteiger partial charge in [0.2, 0.25) is 5.91 Å². The van der Waals surface area contributed by atoms with E-state index >= 15 is 0 Å². The molecule has 1 amide bonds. The third-order valence-corrected chi connectivity index (χ3v) is 2.74. The predicted octanol–water partition coefficient (Wildman–Crippen LogP) is 1.51. The standard InChI is InChI=1S/C12H23N3O/c1-3-15(10-4-8-13)12(16)6-5-11(2)7-9-14/h11H,3-7,9-10,14H2,1-2H3. The van der Waals surface area contributed by atoms with E-state index in [4.69, 9.17) is 11.0 Å². The van der Waals surface area contributed by atoms with Crippen molar-refractivity contribution < 1.29 is 4.79 Å². The lowest BCUT2D eigenvalue weighted by molar-refractivity contribution is -0.131. The number of carbonyl (C=O) groups excluding carboxylic acids is 1. The third kappa shape index (κ3) is 6.41. The fraction of sp³-hybridized carbons (Fsp3) is 0.833. The average molecular weight is 225 g/mol. The first-order chi connectivity index (χ1) is 7.65. The van der Waals surface area contributed by atoms with Gasteiger partial charge >= 0.3 is 0 Å². The smallest absolute Gasteiger partial charge is 0.222 e. The number of nitrogens with two attached hydrogens (primary N) is 1. The molecule has 0 bridgehead atoms. The van der Waals surface area contributed by atoms with Gasteiger partial charge in [0.15, 0.2) is 0 Å². The van der Waals surface area contributed by atoms with Gasteiger partial charge in [0.25, 0.3) is 0 Å². The minimum absolute atomic E-state index is 0.154. The highest BCUT2D eigenvalue weighted by molar-refractivity contribution is 5.76. The second kappa shape index (κ2) is 9.17. The SMILES string of the molecule is CCN(CCC#N)C(=O)CCC(C)CCN. The molecule has 0 aliphatic rings. The van der Waals surface area contributed by atoms with E-state index in [-0.39, 0.29) is 5.91 Å². The normalized spacial score (nSPS) is 11.9. The minimum Gasteiger partial charge on any atom is -0.342 e. The Kier molecular flexibility index (Phi) is 8.55. The molecule has 0 rings (SSSR count). The molecule has 0 aliphatic heterocycles. The van der Waals surface area contributed by atoms with Gasteiger partial charge in [-0.05, 0) is 32.2 Å². The third-order valence-electron chi connectivity index (χ3n) is 2.74. The first kappa shape index (κ1) is 14.9. The van der Waals surface area contributed by atoms with Crippen molar-refractivity contribution in [3.05, 3.63) is 0 Å². The molecule has 4 nitrogen and oxygen atoms in total. The van der Waals surface area contributed by atoms with Crippen LogP contribution in [-0.2, 0) is 4.79 Å². The summed E-state index contributed by atoms with van der Waals surface area (Å²) in [5.41, 5.74) is 5.46. The second-order valence-electron chi connectivity index (χ2n) is 4.10. The molecule has 1 unspecified atom stereocenters. The minimum atomic E-state index is 0.154. The summed E-state index contributed by atoms with van der Waals surface area (Å²) in [7, 11) is 0. The summed E-state index contributed by atoms with van der Waals surface area (Å²) in [4.78, 5) is 13.5. The van der Waals surface area contributed by atoms with Crippen LogP contribution in [-0.4, -0.2) is 30.4 Å². The van der Waals surface area contributed by atoms with Crippen molar-refractivity contribution in [3.63, 3.8) is 0 Å². The topological polar surface area (TPSA) is 70.1 Å². The van der Waals surface area contributed by atoms with E-state index in [0.29, 0.717) is 38.4 Å². The molecule has 2 N–H and O–H groups in total. The molecular formula is C12H23N3O. The van der Waals surface area contributed by atoms with Gasteiger partial charge in [0.05, 0.1) is 12.5 Å². The van der Waals surface area contributed by atoms with Crippen molar-refractivity contribution in [2.75, 3.05) is 19.6 Å². The summed E-state index contributed by atoms with van der Waals surface area (Å²) in [6.45, 7) is 5.98. The number of rotatable bonds is 8. The summed E-state index contributed by atoms with van der Waals surface area (Å²) in [6, 6.07) is 2.06. The van der Waals surface area contributed by atoms with Gasteiger partial charge in [0.1, 0.15) is 0 Å². The van der Waals surface area contributed by atoms with Gasteiger partial charge < -0.3 is 10.6 Å². The van der Waals surface area contributed by atoms with Crippen LogP contribution in [0.3, 0.4) is 0 Å². The summed E-state index contributed by atoms with van der Waals surface area (Å²) < 4.78 is 0. The number of nitrogens with zero attached hydrogens (tertiary/aromatic N) is 2. The molecule has 16 heavy (non-hydrogen) atoms. The van der Waals surface area contributed by atoms with E-state index in [2.05, 4.69) is 13.0 Å².